The number of amides is 1. The summed E-state index contributed by atoms with van der Waals surface area (Å²) in [4.78, 5) is 24.6. The van der Waals surface area contributed by atoms with Gasteiger partial charge in [0.15, 0.2) is 5.75 Å². The van der Waals surface area contributed by atoms with E-state index < -0.39 is 5.97 Å². The number of fused-ring (bicyclic) bond motifs is 1. The molecule has 1 heterocycles. The molecular formula is C14H18N2O4. The third-order valence-electron chi connectivity index (χ3n) is 3.17. The molecule has 20 heavy (non-hydrogen) atoms. The Morgan fingerprint density at radius 1 is 1.45 bits per heavy atom. The number of anilines is 1. The molecule has 1 amide bonds. The Kier molecular flexibility index (Phi) is 4.45. The maximum Gasteiger partial charge on any atom is 0.305 e. The number of benzene rings is 1. The highest BCUT2D eigenvalue weighted by Gasteiger charge is 2.22. The minimum atomic E-state index is -0.913. The van der Waals surface area contributed by atoms with E-state index in [2.05, 4.69) is 5.32 Å². The number of hydrogen-bond acceptors (Lipinski definition) is 4. The van der Waals surface area contributed by atoms with Gasteiger partial charge in [0.25, 0.3) is 5.91 Å². The first-order chi connectivity index (χ1) is 9.63. The van der Waals surface area contributed by atoms with E-state index in [1.165, 1.54) is 4.90 Å². The highest BCUT2D eigenvalue weighted by Crippen LogP contribution is 2.31. The Balaban J connectivity index is 2.21. The Bertz CT molecular complexity index is 516. The maximum absolute atomic E-state index is 12.5. The number of nitrogens with zero attached hydrogens (tertiary/aromatic N) is 1. The van der Waals surface area contributed by atoms with Crippen molar-refractivity contribution in [1.29, 1.82) is 0 Å². The fourth-order valence-corrected chi connectivity index (χ4v) is 2.14. The zero-order chi connectivity index (χ0) is 14.5. The van der Waals surface area contributed by atoms with Gasteiger partial charge in [-0.05, 0) is 19.1 Å². The summed E-state index contributed by atoms with van der Waals surface area (Å²) in [5, 5.41) is 11.9. The van der Waals surface area contributed by atoms with Gasteiger partial charge in [-0.15, -0.1) is 0 Å². The summed E-state index contributed by atoms with van der Waals surface area (Å²) in [7, 11) is 0. The molecule has 2 N–H and O–H groups in total. The summed E-state index contributed by atoms with van der Waals surface area (Å²) < 4.78 is 5.57. The normalized spacial score (nSPS) is 12.8. The largest absolute Gasteiger partial charge is 0.489 e. The number of carboxylic acids is 1. The number of para-hydroxylation sites is 1. The Hall–Kier alpha value is -2.24. The Labute approximate surface area is 117 Å². The number of carbonyl (C=O) groups excluding carboxylic acids is 1. The smallest absolute Gasteiger partial charge is 0.305 e. The average molecular weight is 278 g/mol. The van der Waals surface area contributed by atoms with E-state index in [-0.39, 0.29) is 18.9 Å². The third-order valence-corrected chi connectivity index (χ3v) is 3.17. The van der Waals surface area contributed by atoms with Crippen molar-refractivity contribution in [3.63, 3.8) is 0 Å². The molecule has 0 fully saturated rings. The molecule has 6 heteroatoms. The minimum Gasteiger partial charge on any atom is -0.489 e. The van der Waals surface area contributed by atoms with Crippen molar-refractivity contribution in [3.05, 3.63) is 23.8 Å². The number of rotatable bonds is 5. The average Bonchev–Trinajstić information content (AvgIpc) is 2.46. The lowest BCUT2D eigenvalue weighted by molar-refractivity contribution is -0.137. The molecule has 1 aliphatic heterocycles. The van der Waals surface area contributed by atoms with Crippen LogP contribution in [0.1, 0.15) is 23.7 Å². The van der Waals surface area contributed by atoms with Gasteiger partial charge in [0, 0.05) is 19.6 Å². The maximum atomic E-state index is 12.5. The summed E-state index contributed by atoms with van der Waals surface area (Å²) in [6, 6.07) is 5.36. The zero-order valence-electron chi connectivity index (χ0n) is 11.4. The second kappa shape index (κ2) is 6.27. The first-order valence-corrected chi connectivity index (χ1v) is 6.64. The highest BCUT2D eigenvalue weighted by atomic mass is 16.5. The molecule has 2 rings (SSSR count). The van der Waals surface area contributed by atoms with E-state index in [1.807, 2.05) is 13.0 Å². The number of carboxylic acid groups (broad SMARTS) is 1. The van der Waals surface area contributed by atoms with Crippen molar-refractivity contribution in [2.45, 2.75) is 13.3 Å². The molecule has 1 aliphatic rings. The quantitative estimate of drug-likeness (QED) is 0.851. The van der Waals surface area contributed by atoms with Crippen molar-refractivity contribution < 1.29 is 19.4 Å². The molecule has 1 aromatic rings. The second-order valence-electron chi connectivity index (χ2n) is 4.49. The number of ether oxygens (including phenoxy) is 1. The van der Waals surface area contributed by atoms with Gasteiger partial charge >= 0.3 is 5.97 Å². The summed E-state index contributed by atoms with van der Waals surface area (Å²) in [5.74, 6) is -0.559. The molecule has 0 aliphatic carbocycles. The Morgan fingerprint density at radius 3 is 2.95 bits per heavy atom. The summed E-state index contributed by atoms with van der Waals surface area (Å²) in [6.45, 7) is 3.71. The van der Waals surface area contributed by atoms with Crippen molar-refractivity contribution in [2.75, 3.05) is 31.6 Å². The van der Waals surface area contributed by atoms with Crippen LogP contribution in [0.15, 0.2) is 18.2 Å². The monoisotopic (exact) mass is 278 g/mol. The molecule has 0 radical (unpaired) electrons. The van der Waals surface area contributed by atoms with Crippen LogP contribution in [0, 0.1) is 0 Å². The Morgan fingerprint density at radius 2 is 2.25 bits per heavy atom. The fourth-order valence-electron chi connectivity index (χ4n) is 2.14. The van der Waals surface area contributed by atoms with Gasteiger partial charge in [0.05, 0.1) is 17.7 Å². The molecule has 0 atom stereocenters. The minimum absolute atomic E-state index is 0.0618. The number of hydrogen-bond donors (Lipinski definition) is 2. The van der Waals surface area contributed by atoms with Gasteiger partial charge < -0.3 is 20.1 Å². The summed E-state index contributed by atoms with van der Waals surface area (Å²) in [5.41, 5.74) is 1.28. The summed E-state index contributed by atoms with van der Waals surface area (Å²) >= 11 is 0. The number of nitrogens with one attached hydrogen (secondary N) is 1. The van der Waals surface area contributed by atoms with Crippen molar-refractivity contribution in [1.82, 2.24) is 4.90 Å². The number of carbonyl (C=O) groups is 2. The lowest BCUT2D eigenvalue weighted by Gasteiger charge is -2.25. The van der Waals surface area contributed by atoms with Crippen molar-refractivity contribution in [3.8, 4) is 5.75 Å². The highest BCUT2D eigenvalue weighted by molar-refractivity contribution is 5.99. The topological polar surface area (TPSA) is 78.9 Å². The fraction of sp³-hybridized carbons (Fsp3) is 0.429. The lowest BCUT2D eigenvalue weighted by Crippen LogP contribution is -2.33. The van der Waals surface area contributed by atoms with E-state index in [4.69, 9.17) is 9.84 Å². The van der Waals surface area contributed by atoms with Gasteiger partial charge in [-0.25, -0.2) is 0 Å². The molecule has 6 nitrogen and oxygen atoms in total. The molecule has 1 aromatic carbocycles. The predicted octanol–water partition coefficient (Wildman–Crippen LogP) is 1.43. The van der Waals surface area contributed by atoms with Crippen LogP contribution >= 0.6 is 0 Å². The number of aliphatic carboxylic acids is 1. The molecular weight excluding hydrogens is 260 g/mol. The van der Waals surface area contributed by atoms with Crippen molar-refractivity contribution >= 4 is 17.6 Å². The van der Waals surface area contributed by atoms with Gasteiger partial charge in [-0.1, -0.05) is 6.07 Å². The van der Waals surface area contributed by atoms with Crippen LogP contribution in [0.2, 0.25) is 0 Å². The van der Waals surface area contributed by atoms with E-state index >= 15 is 0 Å². The van der Waals surface area contributed by atoms with Crippen LogP contribution in [0.4, 0.5) is 5.69 Å². The molecule has 0 saturated carbocycles. The van der Waals surface area contributed by atoms with E-state index in [9.17, 15) is 9.59 Å². The SMILES string of the molecule is CCN(CCC(=O)O)C(=O)c1cccc2c1OCCN2. The van der Waals surface area contributed by atoms with Gasteiger partial charge in [-0.2, -0.15) is 0 Å². The predicted molar refractivity (Wildman–Crippen MR) is 74.3 cm³/mol. The first kappa shape index (κ1) is 14.2. The summed E-state index contributed by atoms with van der Waals surface area (Å²) in [6.07, 6.45) is -0.0618. The van der Waals surface area contributed by atoms with Crippen molar-refractivity contribution in [2.24, 2.45) is 0 Å². The lowest BCUT2D eigenvalue weighted by atomic mass is 10.1. The van der Waals surface area contributed by atoms with Gasteiger partial charge in [-0.3, -0.25) is 9.59 Å². The molecule has 0 unspecified atom stereocenters. The molecule has 0 aromatic heterocycles. The second-order valence-corrected chi connectivity index (χ2v) is 4.49. The first-order valence-electron chi connectivity index (χ1n) is 6.64. The van der Waals surface area contributed by atoms with Gasteiger partial charge in [0.1, 0.15) is 6.61 Å². The van der Waals surface area contributed by atoms with E-state index in [1.54, 1.807) is 12.1 Å². The van der Waals surface area contributed by atoms with Crippen LogP contribution in [-0.2, 0) is 4.79 Å². The standard InChI is InChI=1S/C14H18N2O4/c1-2-16(8-6-12(17)18)14(19)10-4-3-5-11-13(10)20-9-7-15-11/h3-5,15H,2,6-9H2,1H3,(H,17,18). The molecule has 0 bridgehead atoms. The molecule has 0 saturated heterocycles. The third kappa shape index (κ3) is 3.01. The zero-order valence-corrected chi connectivity index (χ0v) is 11.4. The van der Waals surface area contributed by atoms with Crippen LogP contribution in [-0.4, -0.2) is 48.1 Å². The molecule has 0 spiro atoms. The van der Waals surface area contributed by atoms with Crippen LogP contribution in [0.3, 0.4) is 0 Å². The molecule has 108 valence electrons. The van der Waals surface area contributed by atoms with E-state index in [0.717, 1.165) is 5.69 Å². The van der Waals surface area contributed by atoms with Crippen LogP contribution in [0.25, 0.3) is 0 Å². The van der Waals surface area contributed by atoms with Crippen LogP contribution in [0.5, 0.6) is 5.75 Å². The van der Waals surface area contributed by atoms with Gasteiger partial charge in [0.2, 0.25) is 0 Å². The van der Waals surface area contributed by atoms with E-state index in [0.29, 0.717) is 31.0 Å². The van der Waals surface area contributed by atoms with Crippen LogP contribution < -0.4 is 10.1 Å².